The van der Waals surface area contributed by atoms with Crippen LogP contribution in [0.3, 0.4) is 0 Å². The van der Waals surface area contributed by atoms with Gasteiger partial charge in [0.25, 0.3) is 5.91 Å². The van der Waals surface area contributed by atoms with Crippen LogP contribution in [-0.4, -0.2) is 37.6 Å². The van der Waals surface area contributed by atoms with Crippen molar-refractivity contribution in [3.8, 4) is 0 Å². The van der Waals surface area contributed by atoms with E-state index in [-0.39, 0.29) is 21.4 Å². The zero-order valence-corrected chi connectivity index (χ0v) is 15.1. The predicted molar refractivity (Wildman–Crippen MR) is 93.3 cm³/mol. The molecule has 24 heavy (non-hydrogen) atoms. The molecule has 4 N–H and O–H groups in total. The van der Waals surface area contributed by atoms with Gasteiger partial charge in [-0.25, -0.2) is 23.1 Å². The van der Waals surface area contributed by atoms with Crippen molar-refractivity contribution >= 4 is 50.8 Å². The van der Waals surface area contributed by atoms with Crippen molar-refractivity contribution in [2.24, 2.45) is 5.73 Å². The second-order valence-corrected chi connectivity index (χ2v) is 7.47. The highest BCUT2D eigenvalue weighted by atomic mass is 35.5. The van der Waals surface area contributed by atoms with Crippen LogP contribution >= 0.6 is 23.4 Å². The second-order valence-electron chi connectivity index (χ2n) is 4.45. The minimum Gasteiger partial charge on any atom is -0.365 e. The first-order valence-electron chi connectivity index (χ1n) is 6.50. The van der Waals surface area contributed by atoms with E-state index in [1.54, 1.807) is 18.4 Å². The molecule has 128 valence electrons. The molecule has 0 unspecified atom stereocenters. The number of halogens is 1. The molecule has 1 aromatic carbocycles. The Bertz CT molecular complexity index is 889. The monoisotopic (exact) mass is 387 g/mol. The molecule has 0 aliphatic carbocycles. The summed E-state index contributed by atoms with van der Waals surface area (Å²) in [6.07, 6.45) is 1.75. The number of rotatable bonds is 6. The quantitative estimate of drug-likeness (QED) is 0.390. The van der Waals surface area contributed by atoms with Crippen molar-refractivity contribution in [3.63, 3.8) is 0 Å². The fourth-order valence-electron chi connectivity index (χ4n) is 1.81. The Morgan fingerprint density at radius 1 is 1.33 bits per heavy atom. The maximum absolute atomic E-state index is 11.9. The minimum absolute atomic E-state index is 0.0564. The zero-order chi connectivity index (χ0) is 17.9. The van der Waals surface area contributed by atoms with Crippen molar-refractivity contribution in [2.45, 2.75) is 10.1 Å². The fraction of sp³-hybridized carbons (Fsp3) is 0.154. The van der Waals surface area contributed by atoms with Gasteiger partial charge in [-0.3, -0.25) is 4.79 Å². The van der Waals surface area contributed by atoms with E-state index < -0.39 is 15.9 Å². The number of primary amides is 1. The highest BCUT2D eigenvalue weighted by Crippen LogP contribution is 2.27. The summed E-state index contributed by atoms with van der Waals surface area (Å²) in [7, 11) is -2.29. The van der Waals surface area contributed by atoms with Gasteiger partial charge < -0.3 is 11.1 Å². The van der Waals surface area contributed by atoms with Gasteiger partial charge in [-0.05, 0) is 31.5 Å². The Hall–Kier alpha value is -1.88. The Balaban J connectivity index is 2.50. The van der Waals surface area contributed by atoms with Crippen LogP contribution in [0.25, 0.3) is 0 Å². The van der Waals surface area contributed by atoms with Crippen molar-refractivity contribution in [1.82, 2.24) is 14.7 Å². The normalized spacial score (nSPS) is 11.3. The number of thioether (sulfide) groups is 1. The van der Waals surface area contributed by atoms with Crippen LogP contribution in [0.5, 0.6) is 0 Å². The third kappa shape index (κ3) is 3.96. The summed E-state index contributed by atoms with van der Waals surface area (Å²) in [5.41, 5.74) is 5.65. The molecule has 0 atom stereocenters. The number of sulfonamides is 1. The van der Waals surface area contributed by atoms with Gasteiger partial charge in [0.1, 0.15) is 16.5 Å². The molecule has 0 radical (unpaired) electrons. The van der Waals surface area contributed by atoms with Gasteiger partial charge in [-0.1, -0.05) is 29.4 Å². The van der Waals surface area contributed by atoms with Gasteiger partial charge in [-0.2, -0.15) is 0 Å². The molecule has 8 nitrogen and oxygen atoms in total. The first-order chi connectivity index (χ1) is 11.3. The average Bonchev–Trinajstić information content (AvgIpc) is 2.54. The van der Waals surface area contributed by atoms with Crippen molar-refractivity contribution in [2.75, 3.05) is 18.6 Å². The number of nitrogens with zero attached hydrogens (tertiary/aromatic N) is 2. The molecule has 2 rings (SSSR count). The van der Waals surface area contributed by atoms with Crippen molar-refractivity contribution < 1.29 is 13.2 Å². The Kier molecular flexibility index (Phi) is 5.65. The molecule has 11 heteroatoms. The molecule has 0 bridgehead atoms. The van der Waals surface area contributed by atoms with E-state index in [0.717, 1.165) is 0 Å². The topological polar surface area (TPSA) is 127 Å². The number of nitrogens with one attached hydrogen (secondary N) is 2. The summed E-state index contributed by atoms with van der Waals surface area (Å²) in [6, 6.07) is 6.00. The van der Waals surface area contributed by atoms with Gasteiger partial charge in [0.15, 0.2) is 5.16 Å². The van der Waals surface area contributed by atoms with Crippen molar-refractivity contribution in [3.05, 3.63) is 35.0 Å². The number of aromatic nitrogens is 2. The molecule has 0 fully saturated rings. The first kappa shape index (κ1) is 18.5. The molecule has 1 amide bonds. The van der Waals surface area contributed by atoms with E-state index in [1.165, 1.54) is 30.9 Å². The van der Waals surface area contributed by atoms with E-state index in [1.807, 2.05) is 0 Å². The number of amides is 1. The maximum Gasteiger partial charge on any atom is 0.255 e. The fourth-order valence-corrected chi connectivity index (χ4v) is 3.26. The number of hydrogen-bond acceptors (Lipinski definition) is 7. The van der Waals surface area contributed by atoms with Crippen LogP contribution < -0.4 is 15.8 Å². The van der Waals surface area contributed by atoms with E-state index in [9.17, 15) is 13.2 Å². The molecule has 2 aromatic rings. The summed E-state index contributed by atoms with van der Waals surface area (Å²) in [4.78, 5) is 19.8. The number of carbonyl (C=O) groups excluding carboxylic acids is 1. The van der Waals surface area contributed by atoms with Crippen LogP contribution in [0.15, 0.2) is 34.3 Å². The van der Waals surface area contributed by atoms with Gasteiger partial charge in [0, 0.05) is 5.69 Å². The molecular formula is C13H14ClN5O3S2. The lowest BCUT2D eigenvalue weighted by atomic mass is 10.2. The summed E-state index contributed by atoms with van der Waals surface area (Å²) in [5.74, 6) is -0.694. The maximum atomic E-state index is 11.9. The minimum atomic E-state index is -3.60. The van der Waals surface area contributed by atoms with E-state index in [2.05, 4.69) is 20.0 Å². The number of benzene rings is 1. The van der Waals surface area contributed by atoms with E-state index >= 15 is 0 Å². The number of hydrogen-bond donors (Lipinski definition) is 3. The average molecular weight is 388 g/mol. The lowest BCUT2D eigenvalue weighted by Gasteiger charge is -2.12. The number of anilines is 2. The smallest absolute Gasteiger partial charge is 0.255 e. The number of carbonyl (C=O) groups is 1. The third-order valence-electron chi connectivity index (χ3n) is 2.95. The van der Waals surface area contributed by atoms with Crippen LogP contribution in [0.1, 0.15) is 10.4 Å². The SMILES string of the molecule is CNS(=O)(=O)c1cccc(Nc2nc(SC)nc(Cl)c2C(N)=O)c1. The summed E-state index contributed by atoms with van der Waals surface area (Å²) in [5, 5.41) is 3.12. The van der Waals surface area contributed by atoms with Gasteiger partial charge in [0.2, 0.25) is 10.0 Å². The molecule has 0 spiro atoms. The van der Waals surface area contributed by atoms with Gasteiger partial charge in [0.05, 0.1) is 4.90 Å². The standard InChI is InChI=1S/C13H14ClN5O3S2/c1-16-24(21,22)8-5-3-4-7(6-8)17-12-9(11(15)20)10(14)18-13(19-12)23-2/h3-6,16H,1-2H3,(H2,15,20)(H,17,18,19). The molecule has 1 heterocycles. The van der Waals surface area contributed by atoms with Crippen LogP contribution in [0, 0.1) is 0 Å². The van der Waals surface area contributed by atoms with E-state index in [4.69, 9.17) is 17.3 Å². The highest BCUT2D eigenvalue weighted by Gasteiger charge is 2.19. The van der Waals surface area contributed by atoms with Crippen LogP contribution in [0.4, 0.5) is 11.5 Å². The first-order valence-corrected chi connectivity index (χ1v) is 9.59. The summed E-state index contributed by atoms with van der Waals surface area (Å²) < 4.78 is 26.0. The Labute approximate surface area is 148 Å². The molecule has 0 aliphatic rings. The molecular weight excluding hydrogens is 374 g/mol. The molecule has 0 saturated heterocycles. The predicted octanol–water partition coefficient (Wildman–Crippen LogP) is 1.60. The summed E-state index contributed by atoms with van der Waals surface area (Å²) in [6.45, 7) is 0. The third-order valence-corrected chi connectivity index (χ3v) is 5.18. The Morgan fingerprint density at radius 3 is 2.62 bits per heavy atom. The molecule has 0 saturated carbocycles. The lowest BCUT2D eigenvalue weighted by Crippen LogP contribution is -2.19. The lowest BCUT2D eigenvalue weighted by molar-refractivity contribution is 0.100. The molecule has 1 aromatic heterocycles. The zero-order valence-electron chi connectivity index (χ0n) is 12.7. The molecule has 0 aliphatic heterocycles. The number of nitrogens with two attached hydrogens (primary N) is 1. The van der Waals surface area contributed by atoms with Crippen molar-refractivity contribution in [1.29, 1.82) is 0 Å². The van der Waals surface area contributed by atoms with E-state index in [0.29, 0.717) is 10.8 Å². The van der Waals surface area contributed by atoms with Crippen LogP contribution in [0.2, 0.25) is 5.15 Å². The second kappa shape index (κ2) is 7.34. The highest BCUT2D eigenvalue weighted by molar-refractivity contribution is 7.98. The van der Waals surface area contributed by atoms with Crippen LogP contribution in [-0.2, 0) is 10.0 Å². The van der Waals surface area contributed by atoms with Gasteiger partial charge in [-0.15, -0.1) is 0 Å². The summed E-state index contributed by atoms with van der Waals surface area (Å²) >= 11 is 7.22. The Morgan fingerprint density at radius 2 is 2.04 bits per heavy atom. The largest absolute Gasteiger partial charge is 0.365 e. The van der Waals surface area contributed by atoms with Gasteiger partial charge >= 0.3 is 0 Å².